The third-order valence-electron chi connectivity index (χ3n) is 2.78. The van der Waals surface area contributed by atoms with Crippen molar-refractivity contribution in [1.29, 1.82) is 0 Å². The number of rotatable bonds is 4. The minimum atomic E-state index is -1.31. The second kappa shape index (κ2) is 5.36. The molecule has 20 heavy (non-hydrogen) atoms. The van der Waals surface area contributed by atoms with Gasteiger partial charge in [-0.2, -0.15) is 0 Å². The van der Waals surface area contributed by atoms with Crippen molar-refractivity contribution >= 4 is 17.7 Å². The highest BCUT2D eigenvalue weighted by atomic mass is 16.4. The van der Waals surface area contributed by atoms with E-state index in [9.17, 15) is 19.5 Å². The summed E-state index contributed by atoms with van der Waals surface area (Å²) < 4.78 is 0. The van der Waals surface area contributed by atoms with Crippen LogP contribution < -0.4 is 5.11 Å². The molecule has 5 nitrogen and oxygen atoms in total. The number of hydrogen-bond acceptors (Lipinski definition) is 4. The summed E-state index contributed by atoms with van der Waals surface area (Å²) >= 11 is 0. The van der Waals surface area contributed by atoms with Crippen LogP contribution in [-0.2, 0) is 0 Å². The number of carboxylic acid groups (broad SMARTS) is 2. The quantitative estimate of drug-likeness (QED) is 0.835. The van der Waals surface area contributed by atoms with Gasteiger partial charge >= 0.3 is 5.97 Å². The molecular formula is C15H9O5-. The summed E-state index contributed by atoms with van der Waals surface area (Å²) in [5.41, 5.74) is 0.728. The standard InChI is InChI=1S/C15H10O5/c16-13(9-1-5-11(6-2-9)14(17)18)10-3-7-12(8-4-10)15(19)20/h1-8H,(H,17,18)(H,19,20)/p-1. The molecule has 1 N–H and O–H groups in total. The van der Waals surface area contributed by atoms with Gasteiger partial charge in [0.15, 0.2) is 5.78 Å². The van der Waals surface area contributed by atoms with Crippen LogP contribution in [0.2, 0.25) is 0 Å². The van der Waals surface area contributed by atoms with Crippen molar-refractivity contribution < 1.29 is 24.6 Å². The van der Waals surface area contributed by atoms with Gasteiger partial charge in [-0.15, -0.1) is 0 Å². The first-order valence-corrected chi connectivity index (χ1v) is 5.68. The maximum atomic E-state index is 12.1. The van der Waals surface area contributed by atoms with Crippen LogP contribution in [0.25, 0.3) is 0 Å². The molecule has 0 radical (unpaired) electrons. The van der Waals surface area contributed by atoms with Gasteiger partial charge in [0.25, 0.3) is 0 Å². The minimum absolute atomic E-state index is 0.0113. The molecule has 2 rings (SSSR count). The van der Waals surface area contributed by atoms with E-state index in [0.29, 0.717) is 11.1 Å². The minimum Gasteiger partial charge on any atom is -0.545 e. The van der Waals surface area contributed by atoms with Crippen molar-refractivity contribution in [3.63, 3.8) is 0 Å². The Morgan fingerprint density at radius 3 is 1.40 bits per heavy atom. The zero-order chi connectivity index (χ0) is 14.7. The highest BCUT2D eigenvalue weighted by molar-refractivity contribution is 6.09. The maximum absolute atomic E-state index is 12.1. The van der Waals surface area contributed by atoms with Crippen LogP contribution in [0.15, 0.2) is 48.5 Å². The lowest BCUT2D eigenvalue weighted by molar-refractivity contribution is -0.255. The molecule has 5 heteroatoms. The molecule has 0 aliphatic heterocycles. The van der Waals surface area contributed by atoms with Gasteiger partial charge in [-0.25, -0.2) is 4.79 Å². The van der Waals surface area contributed by atoms with Gasteiger partial charge in [0.05, 0.1) is 11.5 Å². The first-order chi connectivity index (χ1) is 9.49. The molecule has 0 heterocycles. The van der Waals surface area contributed by atoms with Crippen LogP contribution >= 0.6 is 0 Å². The number of benzene rings is 2. The molecule has 0 atom stereocenters. The normalized spacial score (nSPS) is 10.0. The Hall–Kier alpha value is -2.95. The van der Waals surface area contributed by atoms with E-state index in [1.807, 2.05) is 0 Å². The fourth-order valence-electron chi connectivity index (χ4n) is 1.69. The van der Waals surface area contributed by atoms with E-state index in [-0.39, 0.29) is 16.9 Å². The molecule has 0 fully saturated rings. The fraction of sp³-hybridized carbons (Fsp3) is 0. The van der Waals surface area contributed by atoms with Gasteiger partial charge in [-0.3, -0.25) is 4.79 Å². The van der Waals surface area contributed by atoms with Gasteiger partial charge < -0.3 is 15.0 Å². The Kier molecular flexibility index (Phi) is 3.61. The van der Waals surface area contributed by atoms with Crippen molar-refractivity contribution in [3.8, 4) is 0 Å². The van der Waals surface area contributed by atoms with Crippen molar-refractivity contribution in [2.45, 2.75) is 0 Å². The summed E-state index contributed by atoms with van der Waals surface area (Å²) in [5.74, 6) is -2.69. The maximum Gasteiger partial charge on any atom is 0.335 e. The molecule has 0 unspecified atom stereocenters. The lowest BCUT2D eigenvalue weighted by Gasteiger charge is -2.05. The molecule has 0 spiro atoms. The van der Waals surface area contributed by atoms with Gasteiger partial charge in [0.1, 0.15) is 0 Å². The van der Waals surface area contributed by atoms with Crippen molar-refractivity contribution in [3.05, 3.63) is 70.8 Å². The van der Waals surface area contributed by atoms with E-state index in [1.54, 1.807) is 0 Å². The second-order valence-corrected chi connectivity index (χ2v) is 4.08. The molecule has 2 aromatic carbocycles. The predicted molar refractivity (Wildman–Crippen MR) is 67.6 cm³/mol. The SMILES string of the molecule is O=C([O-])c1ccc(C(=O)c2ccc(C(=O)O)cc2)cc1. The molecular weight excluding hydrogens is 260 g/mol. The molecule has 2 aromatic rings. The lowest BCUT2D eigenvalue weighted by Crippen LogP contribution is -2.22. The van der Waals surface area contributed by atoms with Crippen LogP contribution in [0.3, 0.4) is 0 Å². The molecule has 0 aliphatic carbocycles. The highest BCUT2D eigenvalue weighted by Gasteiger charge is 2.10. The fourth-order valence-corrected chi connectivity index (χ4v) is 1.69. The summed E-state index contributed by atoms with van der Waals surface area (Å²) in [4.78, 5) is 33.4. The average molecular weight is 269 g/mol. The number of carbonyl (C=O) groups excluding carboxylic acids is 2. The zero-order valence-corrected chi connectivity index (χ0v) is 10.2. The van der Waals surface area contributed by atoms with E-state index in [2.05, 4.69) is 0 Å². The number of carbonyl (C=O) groups is 3. The third kappa shape index (κ3) is 2.72. The molecule has 0 bridgehead atoms. The van der Waals surface area contributed by atoms with Gasteiger partial charge in [0, 0.05) is 11.1 Å². The van der Waals surface area contributed by atoms with E-state index in [4.69, 9.17) is 5.11 Å². The summed E-state index contributed by atoms with van der Waals surface area (Å²) in [6.07, 6.45) is 0. The topological polar surface area (TPSA) is 94.5 Å². The monoisotopic (exact) mass is 269 g/mol. The number of hydrogen-bond donors (Lipinski definition) is 1. The van der Waals surface area contributed by atoms with E-state index >= 15 is 0 Å². The molecule has 0 aliphatic rings. The zero-order valence-electron chi connectivity index (χ0n) is 10.2. The Morgan fingerprint density at radius 2 is 1.05 bits per heavy atom. The third-order valence-corrected chi connectivity index (χ3v) is 2.78. The van der Waals surface area contributed by atoms with Gasteiger partial charge in [-0.1, -0.05) is 36.4 Å². The van der Waals surface area contributed by atoms with E-state index < -0.39 is 11.9 Å². The van der Waals surface area contributed by atoms with Crippen molar-refractivity contribution in [2.24, 2.45) is 0 Å². The van der Waals surface area contributed by atoms with Gasteiger partial charge in [-0.05, 0) is 17.7 Å². The second-order valence-electron chi connectivity index (χ2n) is 4.08. The molecule has 0 saturated heterocycles. The van der Waals surface area contributed by atoms with Crippen molar-refractivity contribution in [1.82, 2.24) is 0 Å². The highest BCUT2D eigenvalue weighted by Crippen LogP contribution is 2.12. The smallest absolute Gasteiger partial charge is 0.335 e. The first-order valence-electron chi connectivity index (χ1n) is 5.68. The Labute approximate surface area is 114 Å². The van der Waals surface area contributed by atoms with Crippen LogP contribution in [0.4, 0.5) is 0 Å². The molecule has 0 aromatic heterocycles. The van der Waals surface area contributed by atoms with Crippen LogP contribution in [0.1, 0.15) is 36.6 Å². The van der Waals surface area contributed by atoms with Crippen LogP contribution in [0.5, 0.6) is 0 Å². The number of carboxylic acids is 2. The van der Waals surface area contributed by atoms with Crippen molar-refractivity contribution in [2.75, 3.05) is 0 Å². The summed E-state index contributed by atoms with van der Waals surface area (Å²) in [7, 11) is 0. The first kappa shape index (κ1) is 13.5. The van der Waals surface area contributed by atoms with E-state index in [1.165, 1.54) is 48.5 Å². The number of ketones is 1. The summed E-state index contributed by atoms with van der Waals surface area (Å²) in [5, 5.41) is 19.4. The van der Waals surface area contributed by atoms with Crippen LogP contribution in [-0.4, -0.2) is 22.8 Å². The largest absolute Gasteiger partial charge is 0.545 e. The van der Waals surface area contributed by atoms with Crippen LogP contribution in [0, 0.1) is 0 Å². The summed E-state index contributed by atoms with van der Waals surface area (Å²) in [6.45, 7) is 0. The Balaban J connectivity index is 2.26. The Bertz CT molecular complexity index is 609. The average Bonchev–Trinajstić information content (AvgIpc) is 2.46. The predicted octanol–water partition coefficient (Wildman–Crippen LogP) is 0.979. The molecule has 0 saturated carbocycles. The van der Waals surface area contributed by atoms with E-state index in [0.717, 1.165) is 0 Å². The summed E-state index contributed by atoms with van der Waals surface area (Å²) in [6, 6.07) is 10.9. The van der Waals surface area contributed by atoms with Gasteiger partial charge in [0.2, 0.25) is 0 Å². The molecule has 0 amide bonds. The molecule has 100 valence electrons. The number of aromatic carboxylic acids is 2. The lowest BCUT2D eigenvalue weighted by atomic mass is 10.0. The Morgan fingerprint density at radius 1 is 0.700 bits per heavy atom.